The molecule has 4 heterocycles. The highest BCUT2D eigenvalue weighted by atomic mass is 16.2. The van der Waals surface area contributed by atoms with Gasteiger partial charge in [0.2, 0.25) is 5.91 Å². The predicted octanol–water partition coefficient (Wildman–Crippen LogP) is -0.0699. The molecule has 12 heteroatoms. The van der Waals surface area contributed by atoms with Gasteiger partial charge in [-0.25, -0.2) is 23.8 Å². The number of nitrogens with zero attached hydrogens (tertiary/aromatic N) is 7. The fourth-order valence-corrected chi connectivity index (χ4v) is 3.87. The molecule has 0 saturated carbocycles. The second kappa shape index (κ2) is 7.99. The number of pyridine rings is 1. The van der Waals surface area contributed by atoms with E-state index in [-0.39, 0.29) is 23.4 Å². The molecule has 12 nitrogen and oxygen atoms in total. The standard InChI is InChI=1S/C22H20N8O4/c1-26-13-23-19-18(26)20(32)29(21(33)27(19)2)12-17(31)24-15-7-5-6-14(10-15)11-30-22(34)28-9-4-3-8-16(28)25-30/h3-10,13H,11-12H2,1-2H3,(H,24,31). The number of aromatic nitrogens is 7. The summed E-state index contributed by atoms with van der Waals surface area (Å²) < 4.78 is 6.40. The molecule has 1 amide bonds. The van der Waals surface area contributed by atoms with Crippen molar-refractivity contribution in [2.45, 2.75) is 13.1 Å². The largest absolute Gasteiger partial charge is 0.350 e. The van der Waals surface area contributed by atoms with E-state index in [2.05, 4.69) is 15.4 Å². The molecule has 5 aromatic rings. The minimum Gasteiger partial charge on any atom is -0.328 e. The average Bonchev–Trinajstić information content (AvgIpc) is 3.36. The Balaban J connectivity index is 1.38. The summed E-state index contributed by atoms with van der Waals surface area (Å²) in [4.78, 5) is 54.7. The highest BCUT2D eigenvalue weighted by Crippen LogP contribution is 2.12. The number of fused-ring (bicyclic) bond motifs is 2. The first-order chi connectivity index (χ1) is 16.3. The van der Waals surface area contributed by atoms with E-state index in [9.17, 15) is 19.2 Å². The molecule has 5 rings (SSSR count). The van der Waals surface area contributed by atoms with E-state index in [1.807, 2.05) is 6.07 Å². The predicted molar refractivity (Wildman–Crippen MR) is 124 cm³/mol. The number of hydrogen-bond acceptors (Lipinski definition) is 6. The van der Waals surface area contributed by atoms with Crippen molar-refractivity contribution in [1.29, 1.82) is 0 Å². The smallest absolute Gasteiger partial charge is 0.328 e. The van der Waals surface area contributed by atoms with Crippen molar-refractivity contribution >= 4 is 28.4 Å². The molecule has 1 N–H and O–H groups in total. The fraction of sp³-hybridized carbons (Fsp3) is 0.182. The summed E-state index contributed by atoms with van der Waals surface area (Å²) in [7, 11) is 3.14. The van der Waals surface area contributed by atoms with E-state index in [1.165, 1.54) is 31.6 Å². The van der Waals surface area contributed by atoms with Gasteiger partial charge in [0, 0.05) is 26.0 Å². The number of carbonyl (C=O) groups is 1. The lowest BCUT2D eigenvalue weighted by atomic mass is 10.2. The first kappa shape index (κ1) is 21.1. The topological polar surface area (TPSA) is 130 Å². The highest BCUT2D eigenvalue weighted by molar-refractivity contribution is 5.90. The van der Waals surface area contributed by atoms with Crippen LogP contribution in [0.25, 0.3) is 16.8 Å². The van der Waals surface area contributed by atoms with Gasteiger partial charge in [0.15, 0.2) is 16.8 Å². The number of anilines is 1. The van der Waals surface area contributed by atoms with Gasteiger partial charge in [-0.2, -0.15) is 0 Å². The van der Waals surface area contributed by atoms with Gasteiger partial charge in [-0.1, -0.05) is 18.2 Å². The summed E-state index contributed by atoms with van der Waals surface area (Å²) in [6.07, 6.45) is 3.09. The zero-order valence-electron chi connectivity index (χ0n) is 18.4. The molecule has 0 fully saturated rings. The monoisotopic (exact) mass is 460 g/mol. The van der Waals surface area contributed by atoms with Gasteiger partial charge in [-0.3, -0.25) is 18.6 Å². The normalized spacial score (nSPS) is 11.4. The summed E-state index contributed by atoms with van der Waals surface area (Å²) in [6, 6.07) is 12.2. The Morgan fingerprint density at radius 3 is 2.65 bits per heavy atom. The van der Waals surface area contributed by atoms with Crippen LogP contribution >= 0.6 is 0 Å². The number of benzene rings is 1. The summed E-state index contributed by atoms with van der Waals surface area (Å²) in [5.41, 5.74) is 0.733. The van der Waals surface area contributed by atoms with Crippen molar-refractivity contribution in [2.24, 2.45) is 14.1 Å². The molecule has 0 unspecified atom stereocenters. The summed E-state index contributed by atoms with van der Waals surface area (Å²) in [5.74, 6) is -0.539. The van der Waals surface area contributed by atoms with Gasteiger partial charge in [0.1, 0.15) is 6.54 Å². The SMILES string of the molecule is Cn1cnc2c1c(=O)n(CC(=O)Nc1cccc(Cn3nc4ccccn4c3=O)c1)c(=O)n2C. The van der Waals surface area contributed by atoms with Crippen LogP contribution in [-0.4, -0.2) is 38.8 Å². The van der Waals surface area contributed by atoms with Crippen LogP contribution in [0, 0.1) is 0 Å². The lowest BCUT2D eigenvalue weighted by Gasteiger charge is -2.10. The number of amides is 1. The van der Waals surface area contributed by atoms with Crippen LogP contribution in [0.2, 0.25) is 0 Å². The lowest BCUT2D eigenvalue weighted by Crippen LogP contribution is -2.42. The molecule has 0 radical (unpaired) electrons. The first-order valence-electron chi connectivity index (χ1n) is 10.4. The molecular formula is C22H20N8O4. The number of hydrogen-bond donors (Lipinski definition) is 1. The van der Waals surface area contributed by atoms with Crippen molar-refractivity contribution < 1.29 is 4.79 Å². The molecule has 172 valence electrons. The van der Waals surface area contributed by atoms with E-state index in [0.29, 0.717) is 11.3 Å². The zero-order chi connectivity index (χ0) is 24.0. The number of nitrogens with one attached hydrogen (secondary N) is 1. The average molecular weight is 460 g/mol. The van der Waals surface area contributed by atoms with Gasteiger partial charge >= 0.3 is 11.4 Å². The quantitative estimate of drug-likeness (QED) is 0.391. The third-order valence-electron chi connectivity index (χ3n) is 5.53. The van der Waals surface area contributed by atoms with Crippen LogP contribution in [0.4, 0.5) is 5.69 Å². The molecule has 34 heavy (non-hydrogen) atoms. The van der Waals surface area contributed by atoms with E-state index < -0.39 is 23.7 Å². The number of imidazole rings is 1. The Bertz CT molecular complexity index is 1750. The number of carbonyl (C=O) groups excluding carboxylic acids is 1. The lowest BCUT2D eigenvalue weighted by molar-refractivity contribution is -0.116. The molecule has 0 atom stereocenters. The Kier molecular flexibility index (Phi) is 4.97. The Hall–Kier alpha value is -4.74. The molecule has 0 aliphatic heterocycles. The highest BCUT2D eigenvalue weighted by Gasteiger charge is 2.17. The van der Waals surface area contributed by atoms with Crippen molar-refractivity contribution in [2.75, 3.05) is 5.32 Å². The molecule has 0 bridgehead atoms. The van der Waals surface area contributed by atoms with Gasteiger partial charge in [-0.15, -0.1) is 5.10 Å². The van der Waals surface area contributed by atoms with Crippen LogP contribution in [0.15, 0.2) is 69.4 Å². The van der Waals surface area contributed by atoms with Crippen LogP contribution < -0.4 is 22.3 Å². The molecule has 0 spiro atoms. The van der Waals surface area contributed by atoms with E-state index in [4.69, 9.17) is 0 Å². The summed E-state index contributed by atoms with van der Waals surface area (Å²) >= 11 is 0. The van der Waals surface area contributed by atoms with E-state index >= 15 is 0 Å². The number of rotatable bonds is 5. The Morgan fingerprint density at radius 1 is 1.03 bits per heavy atom. The maximum Gasteiger partial charge on any atom is 0.350 e. The molecule has 0 aliphatic carbocycles. The summed E-state index contributed by atoms with van der Waals surface area (Å²) in [5, 5.41) is 7.01. The second-order valence-electron chi connectivity index (χ2n) is 7.88. The van der Waals surface area contributed by atoms with Gasteiger partial charge < -0.3 is 9.88 Å². The van der Waals surface area contributed by atoms with Crippen molar-refractivity contribution in [3.8, 4) is 0 Å². The molecule has 1 aromatic carbocycles. The maximum atomic E-state index is 12.8. The van der Waals surface area contributed by atoms with Crippen LogP contribution in [0.1, 0.15) is 5.56 Å². The van der Waals surface area contributed by atoms with Crippen molar-refractivity contribution in [3.63, 3.8) is 0 Å². The third-order valence-corrected chi connectivity index (χ3v) is 5.53. The van der Waals surface area contributed by atoms with Crippen molar-refractivity contribution in [1.82, 2.24) is 32.9 Å². The second-order valence-corrected chi connectivity index (χ2v) is 7.88. The molecule has 0 saturated heterocycles. The zero-order valence-corrected chi connectivity index (χ0v) is 18.4. The first-order valence-corrected chi connectivity index (χ1v) is 10.4. The van der Waals surface area contributed by atoms with Crippen LogP contribution in [-0.2, 0) is 32.0 Å². The fourth-order valence-electron chi connectivity index (χ4n) is 3.87. The van der Waals surface area contributed by atoms with Gasteiger partial charge in [-0.05, 0) is 29.8 Å². The maximum absolute atomic E-state index is 12.8. The van der Waals surface area contributed by atoms with Gasteiger partial charge in [0.25, 0.3) is 5.56 Å². The van der Waals surface area contributed by atoms with Crippen molar-refractivity contribution in [3.05, 3.63) is 91.9 Å². The number of aryl methyl sites for hydroxylation is 2. The summed E-state index contributed by atoms with van der Waals surface area (Å²) in [6.45, 7) is -0.246. The molecular weight excluding hydrogens is 440 g/mol. The van der Waals surface area contributed by atoms with E-state index in [1.54, 1.807) is 49.6 Å². The minimum absolute atomic E-state index is 0.210. The third kappa shape index (κ3) is 3.50. The van der Waals surface area contributed by atoms with Gasteiger partial charge in [0.05, 0.1) is 12.9 Å². The molecule has 0 aliphatic rings. The Labute approximate surface area is 190 Å². The van der Waals surface area contributed by atoms with Crippen LogP contribution in [0.3, 0.4) is 0 Å². The van der Waals surface area contributed by atoms with Crippen LogP contribution in [0.5, 0.6) is 0 Å². The molecule has 4 aromatic heterocycles. The van der Waals surface area contributed by atoms with E-state index in [0.717, 1.165) is 10.1 Å². The minimum atomic E-state index is -0.633. The Morgan fingerprint density at radius 2 is 1.85 bits per heavy atom.